The normalized spacial score (nSPS) is 10.4. The second kappa shape index (κ2) is 5.14. The second-order valence-electron chi connectivity index (χ2n) is 4.15. The fourth-order valence-corrected chi connectivity index (χ4v) is 1.89. The summed E-state index contributed by atoms with van der Waals surface area (Å²) in [5.41, 5.74) is 3.71. The maximum atomic E-state index is 9.13. The first kappa shape index (κ1) is 12.5. The molecule has 4 nitrogen and oxygen atoms in total. The number of nitrogens with zero attached hydrogens (tertiary/aromatic N) is 2. The number of rotatable bonds is 3. The van der Waals surface area contributed by atoms with Crippen LogP contribution in [-0.2, 0) is 6.61 Å². The van der Waals surface area contributed by atoms with Gasteiger partial charge in [0.15, 0.2) is 5.82 Å². The van der Waals surface area contributed by atoms with E-state index in [1.807, 2.05) is 38.1 Å². The summed E-state index contributed by atoms with van der Waals surface area (Å²) < 4.78 is 5.23. The van der Waals surface area contributed by atoms with Crippen LogP contribution in [0, 0.1) is 13.8 Å². The Balaban J connectivity index is 2.48. The van der Waals surface area contributed by atoms with E-state index in [0.717, 1.165) is 28.3 Å². The van der Waals surface area contributed by atoms with E-state index in [1.54, 1.807) is 7.11 Å². The van der Waals surface area contributed by atoms with Gasteiger partial charge < -0.3 is 9.84 Å². The minimum Gasteiger partial charge on any atom is -0.496 e. The van der Waals surface area contributed by atoms with Crippen molar-refractivity contribution in [3.8, 4) is 17.0 Å². The third-order valence-electron chi connectivity index (χ3n) is 2.73. The molecule has 1 N–H and O–H groups in total. The lowest BCUT2D eigenvalue weighted by Crippen LogP contribution is -1.99. The van der Waals surface area contributed by atoms with Crippen LogP contribution in [0.25, 0.3) is 11.3 Å². The summed E-state index contributed by atoms with van der Waals surface area (Å²) in [5.74, 6) is 1.30. The van der Waals surface area contributed by atoms with Crippen molar-refractivity contribution in [3.05, 3.63) is 41.3 Å². The van der Waals surface area contributed by atoms with Gasteiger partial charge in [0.05, 0.1) is 12.8 Å². The van der Waals surface area contributed by atoms with Crippen LogP contribution in [0.3, 0.4) is 0 Å². The fourth-order valence-electron chi connectivity index (χ4n) is 1.89. The van der Waals surface area contributed by atoms with E-state index >= 15 is 0 Å². The molecular weight excluding hydrogens is 228 g/mol. The average molecular weight is 244 g/mol. The van der Waals surface area contributed by atoms with Gasteiger partial charge in [-0.2, -0.15) is 0 Å². The fraction of sp³-hybridized carbons (Fsp3) is 0.286. The minimum absolute atomic E-state index is 0.149. The molecule has 0 atom stereocenters. The highest BCUT2D eigenvalue weighted by Crippen LogP contribution is 2.25. The standard InChI is InChI=1S/C14H16N2O2/c1-9-6-11(4-5-13(9)18-3)12-7-10(2)15-14(8-17)16-12/h4-7,17H,8H2,1-3H3. The van der Waals surface area contributed by atoms with Crippen LogP contribution in [0.1, 0.15) is 17.1 Å². The number of methoxy groups -OCH3 is 1. The molecule has 0 bridgehead atoms. The van der Waals surface area contributed by atoms with Crippen molar-refractivity contribution in [2.24, 2.45) is 0 Å². The summed E-state index contributed by atoms with van der Waals surface area (Å²) in [6, 6.07) is 7.79. The summed E-state index contributed by atoms with van der Waals surface area (Å²) in [5, 5.41) is 9.13. The van der Waals surface area contributed by atoms with Crippen molar-refractivity contribution in [1.82, 2.24) is 9.97 Å². The van der Waals surface area contributed by atoms with E-state index in [4.69, 9.17) is 9.84 Å². The van der Waals surface area contributed by atoms with Crippen LogP contribution < -0.4 is 4.74 Å². The first-order valence-corrected chi connectivity index (χ1v) is 5.74. The Bertz CT molecular complexity index is 568. The van der Waals surface area contributed by atoms with E-state index < -0.39 is 0 Å². The predicted molar refractivity (Wildman–Crippen MR) is 69.4 cm³/mol. The van der Waals surface area contributed by atoms with Crippen molar-refractivity contribution in [2.75, 3.05) is 7.11 Å². The predicted octanol–water partition coefficient (Wildman–Crippen LogP) is 2.26. The van der Waals surface area contributed by atoms with Gasteiger partial charge in [0.1, 0.15) is 12.4 Å². The van der Waals surface area contributed by atoms with Crippen LogP contribution in [0.5, 0.6) is 5.75 Å². The average Bonchev–Trinajstić information content (AvgIpc) is 2.37. The Kier molecular flexibility index (Phi) is 3.58. The van der Waals surface area contributed by atoms with Gasteiger partial charge in [-0.05, 0) is 43.7 Å². The zero-order valence-corrected chi connectivity index (χ0v) is 10.8. The van der Waals surface area contributed by atoms with Crippen molar-refractivity contribution in [1.29, 1.82) is 0 Å². The third-order valence-corrected chi connectivity index (χ3v) is 2.73. The summed E-state index contributed by atoms with van der Waals surface area (Å²) in [6.45, 7) is 3.73. The number of aliphatic hydroxyl groups excluding tert-OH is 1. The van der Waals surface area contributed by atoms with Gasteiger partial charge in [-0.25, -0.2) is 9.97 Å². The number of aromatic nitrogens is 2. The van der Waals surface area contributed by atoms with E-state index in [2.05, 4.69) is 9.97 Å². The molecule has 0 aliphatic rings. The second-order valence-corrected chi connectivity index (χ2v) is 4.15. The largest absolute Gasteiger partial charge is 0.496 e. The third kappa shape index (κ3) is 2.49. The Morgan fingerprint density at radius 1 is 1.17 bits per heavy atom. The van der Waals surface area contributed by atoms with Crippen molar-refractivity contribution in [2.45, 2.75) is 20.5 Å². The molecule has 4 heteroatoms. The molecule has 0 saturated heterocycles. The number of hydrogen-bond donors (Lipinski definition) is 1. The van der Waals surface area contributed by atoms with Gasteiger partial charge in [0, 0.05) is 11.3 Å². The van der Waals surface area contributed by atoms with Crippen LogP contribution in [0.4, 0.5) is 0 Å². The molecule has 0 unspecified atom stereocenters. The molecule has 2 aromatic rings. The number of hydrogen-bond acceptors (Lipinski definition) is 4. The lowest BCUT2D eigenvalue weighted by Gasteiger charge is -2.08. The SMILES string of the molecule is COc1ccc(-c2cc(C)nc(CO)n2)cc1C. The molecule has 1 heterocycles. The Hall–Kier alpha value is -1.94. The number of benzene rings is 1. The van der Waals surface area contributed by atoms with Crippen LogP contribution >= 0.6 is 0 Å². The number of aryl methyl sites for hydroxylation is 2. The molecule has 0 aliphatic carbocycles. The van der Waals surface area contributed by atoms with Crippen molar-refractivity contribution >= 4 is 0 Å². The smallest absolute Gasteiger partial charge is 0.154 e. The monoisotopic (exact) mass is 244 g/mol. The first-order chi connectivity index (χ1) is 8.63. The summed E-state index contributed by atoms with van der Waals surface area (Å²) in [7, 11) is 1.65. The molecular formula is C14H16N2O2. The summed E-state index contributed by atoms with van der Waals surface area (Å²) >= 11 is 0. The first-order valence-electron chi connectivity index (χ1n) is 5.74. The van der Waals surface area contributed by atoms with Gasteiger partial charge >= 0.3 is 0 Å². The molecule has 94 valence electrons. The molecule has 0 radical (unpaired) electrons. The number of aliphatic hydroxyl groups is 1. The van der Waals surface area contributed by atoms with Crippen molar-refractivity contribution < 1.29 is 9.84 Å². The molecule has 1 aromatic heterocycles. The van der Waals surface area contributed by atoms with Gasteiger partial charge in [-0.1, -0.05) is 0 Å². The lowest BCUT2D eigenvalue weighted by atomic mass is 10.1. The number of ether oxygens (including phenoxy) is 1. The van der Waals surface area contributed by atoms with Gasteiger partial charge in [0.25, 0.3) is 0 Å². The van der Waals surface area contributed by atoms with Crippen LogP contribution in [0.15, 0.2) is 24.3 Å². The Morgan fingerprint density at radius 3 is 2.56 bits per heavy atom. The molecule has 0 aliphatic heterocycles. The Morgan fingerprint density at radius 2 is 1.94 bits per heavy atom. The van der Waals surface area contributed by atoms with Crippen LogP contribution in [0.2, 0.25) is 0 Å². The highest BCUT2D eigenvalue weighted by Gasteiger charge is 2.06. The Labute approximate surface area is 106 Å². The van der Waals surface area contributed by atoms with E-state index in [0.29, 0.717) is 5.82 Å². The molecule has 18 heavy (non-hydrogen) atoms. The minimum atomic E-state index is -0.149. The van der Waals surface area contributed by atoms with E-state index in [-0.39, 0.29) is 6.61 Å². The van der Waals surface area contributed by atoms with Crippen molar-refractivity contribution in [3.63, 3.8) is 0 Å². The maximum absolute atomic E-state index is 9.13. The van der Waals surface area contributed by atoms with Gasteiger partial charge in [0.2, 0.25) is 0 Å². The molecule has 0 spiro atoms. The van der Waals surface area contributed by atoms with E-state index in [9.17, 15) is 0 Å². The zero-order valence-electron chi connectivity index (χ0n) is 10.8. The van der Waals surface area contributed by atoms with Gasteiger partial charge in [-0.3, -0.25) is 0 Å². The quantitative estimate of drug-likeness (QED) is 0.899. The lowest BCUT2D eigenvalue weighted by molar-refractivity contribution is 0.271. The summed E-state index contributed by atoms with van der Waals surface area (Å²) in [6.07, 6.45) is 0. The molecule has 1 aromatic carbocycles. The molecule has 0 amide bonds. The van der Waals surface area contributed by atoms with Gasteiger partial charge in [-0.15, -0.1) is 0 Å². The topological polar surface area (TPSA) is 55.2 Å². The molecule has 0 saturated carbocycles. The summed E-state index contributed by atoms with van der Waals surface area (Å²) in [4.78, 5) is 8.47. The van der Waals surface area contributed by atoms with Crippen LogP contribution in [-0.4, -0.2) is 22.2 Å². The highest BCUT2D eigenvalue weighted by molar-refractivity contribution is 5.62. The maximum Gasteiger partial charge on any atom is 0.154 e. The highest BCUT2D eigenvalue weighted by atomic mass is 16.5. The zero-order chi connectivity index (χ0) is 13.1. The van der Waals surface area contributed by atoms with E-state index in [1.165, 1.54) is 0 Å². The molecule has 0 fully saturated rings. The molecule has 2 rings (SSSR count).